The monoisotopic (exact) mass is 249 g/mol. The molecular weight excluding hydrogens is 226 g/mol. The van der Waals surface area contributed by atoms with Gasteiger partial charge < -0.3 is 10.6 Å². The highest BCUT2D eigenvalue weighted by atomic mass is 32.2. The zero-order valence-electron chi connectivity index (χ0n) is 10.4. The van der Waals surface area contributed by atoms with Crippen molar-refractivity contribution in [2.45, 2.75) is 12.0 Å². The van der Waals surface area contributed by atoms with Crippen molar-refractivity contribution in [3.05, 3.63) is 0 Å². The molecule has 1 heterocycles. The van der Waals surface area contributed by atoms with Crippen LogP contribution in [0.3, 0.4) is 0 Å². The van der Waals surface area contributed by atoms with Gasteiger partial charge in [-0.05, 0) is 27.1 Å². The molecule has 5 nitrogen and oxygen atoms in total. The second-order valence-corrected chi connectivity index (χ2v) is 7.23. The zero-order valence-corrected chi connectivity index (χ0v) is 11.3. The average Bonchev–Trinajstić information content (AvgIpc) is 2.56. The van der Waals surface area contributed by atoms with Crippen molar-refractivity contribution in [2.24, 2.45) is 5.73 Å². The van der Waals surface area contributed by atoms with E-state index in [0.29, 0.717) is 13.1 Å². The maximum absolute atomic E-state index is 11.1. The molecule has 1 rings (SSSR count). The van der Waals surface area contributed by atoms with Crippen LogP contribution in [0.5, 0.6) is 0 Å². The molecule has 0 aromatic rings. The van der Waals surface area contributed by atoms with E-state index in [0.717, 1.165) is 19.5 Å². The Bertz CT molecular complexity index is 331. The number of likely N-dealkylation sites (N-methyl/N-ethyl adjacent to an activating group) is 2. The molecule has 1 atom stereocenters. The highest BCUT2D eigenvalue weighted by Gasteiger charge is 2.38. The molecule has 2 N–H and O–H groups in total. The highest BCUT2D eigenvalue weighted by molar-refractivity contribution is 7.90. The fraction of sp³-hybridized carbons (Fsp3) is 1.00. The quantitative estimate of drug-likeness (QED) is 0.677. The van der Waals surface area contributed by atoms with Crippen LogP contribution in [-0.4, -0.2) is 76.0 Å². The Morgan fingerprint density at radius 2 is 2.12 bits per heavy atom. The van der Waals surface area contributed by atoms with E-state index >= 15 is 0 Å². The lowest BCUT2D eigenvalue weighted by Crippen LogP contribution is -2.54. The molecular formula is C10H23N3O2S. The maximum Gasteiger partial charge on any atom is 0.148 e. The SMILES string of the molecule is CN1CCC(CN)(N(C)CCS(C)(=O)=O)C1. The third-order valence-electron chi connectivity index (χ3n) is 3.51. The van der Waals surface area contributed by atoms with Crippen molar-refractivity contribution < 1.29 is 8.42 Å². The van der Waals surface area contributed by atoms with Gasteiger partial charge >= 0.3 is 0 Å². The Morgan fingerprint density at radius 3 is 2.50 bits per heavy atom. The normalized spacial score (nSPS) is 27.8. The Balaban J connectivity index is 2.60. The van der Waals surface area contributed by atoms with Crippen molar-refractivity contribution in [1.82, 2.24) is 9.80 Å². The largest absolute Gasteiger partial charge is 0.329 e. The van der Waals surface area contributed by atoms with Gasteiger partial charge in [0.15, 0.2) is 0 Å². The summed E-state index contributed by atoms with van der Waals surface area (Å²) in [6.45, 7) is 3.09. The lowest BCUT2D eigenvalue weighted by Gasteiger charge is -2.37. The minimum atomic E-state index is -2.89. The van der Waals surface area contributed by atoms with E-state index in [1.807, 2.05) is 7.05 Å². The van der Waals surface area contributed by atoms with E-state index in [2.05, 4.69) is 16.8 Å². The number of rotatable bonds is 5. The summed E-state index contributed by atoms with van der Waals surface area (Å²) in [5, 5.41) is 0. The topological polar surface area (TPSA) is 66.6 Å². The van der Waals surface area contributed by atoms with Gasteiger partial charge in [0.25, 0.3) is 0 Å². The second-order valence-electron chi connectivity index (χ2n) is 4.97. The van der Waals surface area contributed by atoms with Crippen LogP contribution < -0.4 is 5.73 Å². The smallest absolute Gasteiger partial charge is 0.148 e. The molecule has 0 radical (unpaired) electrons. The van der Waals surface area contributed by atoms with E-state index in [1.165, 1.54) is 6.26 Å². The molecule has 1 saturated heterocycles. The van der Waals surface area contributed by atoms with Gasteiger partial charge in [0.05, 0.1) is 5.75 Å². The van der Waals surface area contributed by atoms with E-state index in [1.54, 1.807) is 0 Å². The summed E-state index contributed by atoms with van der Waals surface area (Å²) >= 11 is 0. The van der Waals surface area contributed by atoms with Gasteiger partial charge in [0.2, 0.25) is 0 Å². The summed E-state index contributed by atoms with van der Waals surface area (Å²) in [5.41, 5.74) is 5.81. The van der Waals surface area contributed by atoms with Gasteiger partial charge in [-0.25, -0.2) is 8.42 Å². The van der Waals surface area contributed by atoms with Gasteiger partial charge in [-0.2, -0.15) is 0 Å². The van der Waals surface area contributed by atoms with Crippen LogP contribution in [0.1, 0.15) is 6.42 Å². The molecule has 1 fully saturated rings. The van der Waals surface area contributed by atoms with Crippen LogP contribution >= 0.6 is 0 Å². The van der Waals surface area contributed by atoms with E-state index in [4.69, 9.17) is 5.73 Å². The lowest BCUT2D eigenvalue weighted by molar-refractivity contribution is 0.141. The standard InChI is InChI=1S/C10H23N3O2S/c1-12-5-4-10(8-11,9-12)13(2)6-7-16(3,14)15/h4-9,11H2,1-3H3. The van der Waals surface area contributed by atoms with E-state index < -0.39 is 9.84 Å². The summed E-state index contributed by atoms with van der Waals surface area (Å²) in [4.78, 5) is 4.35. The molecule has 96 valence electrons. The third kappa shape index (κ3) is 3.41. The lowest BCUT2D eigenvalue weighted by atomic mass is 9.97. The zero-order chi connectivity index (χ0) is 12.4. The maximum atomic E-state index is 11.1. The van der Waals surface area contributed by atoms with Gasteiger partial charge in [-0.1, -0.05) is 0 Å². The molecule has 0 aliphatic carbocycles. The molecule has 0 bridgehead atoms. The fourth-order valence-corrected chi connectivity index (χ4v) is 2.84. The first-order valence-corrected chi connectivity index (χ1v) is 7.63. The van der Waals surface area contributed by atoms with Gasteiger partial charge in [0.1, 0.15) is 9.84 Å². The van der Waals surface area contributed by atoms with Crippen molar-refractivity contribution in [1.29, 1.82) is 0 Å². The molecule has 6 heteroatoms. The highest BCUT2D eigenvalue weighted by Crippen LogP contribution is 2.24. The van der Waals surface area contributed by atoms with Crippen LogP contribution in [0.2, 0.25) is 0 Å². The third-order valence-corrected chi connectivity index (χ3v) is 4.43. The number of hydrogen-bond donors (Lipinski definition) is 1. The van der Waals surface area contributed by atoms with Crippen molar-refractivity contribution in [2.75, 3.05) is 52.3 Å². The predicted molar refractivity (Wildman–Crippen MR) is 66.2 cm³/mol. The number of nitrogens with zero attached hydrogens (tertiary/aromatic N) is 2. The molecule has 1 aliphatic heterocycles. The second kappa shape index (κ2) is 5.00. The Labute approximate surface area is 98.5 Å². The molecule has 0 amide bonds. The first-order valence-electron chi connectivity index (χ1n) is 5.57. The van der Waals surface area contributed by atoms with Crippen LogP contribution in [-0.2, 0) is 9.84 Å². The Kier molecular flexibility index (Phi) is 4.34. The molecule has 1 unspecified atom stereocenters. The molecule has 0 spiro atoms. The van der Waals surface area contributed by atoms with Gasteiger partial charge in [-0.15, -0.1) is 0 Å². The first kappa shape index (κ1) is 13.9. The molecule has 0 aromatic heterocycles. The fourth-order valence-electron chi connectivity index (χ4n) is 2.23. The molecule has 0 aromatic carbocycles. The summed E-state index contributed by atoms with van der Waals surface area (Å²) < 4.78 is 22.3. The van der Waals surface area contributed by atoms with Crippen LogP contribution in [0.15, 0.2) is 0 Å². The Morgan fingerprint density at radius 1 is 1.50 bits per heavy atom. The van der Waals surface area contributed by atoms with Gasteiger partial charge in [0, 0.05) is 31.4 Å². The average molecular weight is 249 g/mol. The van der Waals surface area contributed by atoms with E-state index in [9.17, 15) is 8.42 Å². The summed E-state index contributed by atoms with van der Waals surface area (Å²) in [6, 6.07) is 0. The Hall–Kier alpha value is -0.170. The number of sulfone groups is 1. The summed E-state index contributed by atoms with van der Waals surface area (Å²) in [7, 11) is 1.15. The minimum absolute atomic E-state index is 0.0422. The summed E-state index contributed by atoms with van der Waals surface area (Å²) in [5.74, 6) is 0.203. The first-order chi connectivity index (χ1) is 7.29. The minimum Gasteiger partial charge on any atom is -0.329 e. The molecule has 1 aliphatic rings. The van der Waals surface area contributed by atoms with E-state index in [-0.39, 0.29) is 11.3 Å². The van der Waals surface area contributed by atoms with Crippen LogP contribution in [0.4, 0.5) is 0 Å². The number of hydrogen-bond acceptors (Lipinski definition) is 5. The van der Waals surface area contributed by atoms with Crippen molar-refractivity contribution in [3.63, 3.8) is 0 Å². The predicted octanol–water partition coefficient (Wildman–Crippen LogP) is -1.00. The van der Waals surface area contributed by atoms with Gasteiger partial charge in [-0.3, -0.25) is 4.90 Å². The molecule has 16 heavy (non-hydrogen) atoms. The van der Waals surface area contributed by atoms with Crippen LogP contribution in [0.25, 0.3) is 0 Å². The molecule has 0 saturated carbocycles. The van der Waals surface area contributed by atoms with Crippen molar-refractivity contribution in [3.8, 4) is 0 Å². The van der Waals surface area contributed by atoms with Crippen LogP contribution in [0, 0.1) is 0 Å². The number of likely N-dealkylation sites (tertiary alicyclic amines) is 1. The number of nitrogens with two attached hydrogens (primary N) is 1. The summed E-state index contributed by atoms with van der Waals surface area (Å²) in [6.07, 6.45) is 2.29. The van der Waals surface area contributed by atoms with Crippen molar-refractivity contribution >= 4 is 9.84 Å².